The third kappa shape index (κ3) is 4.27. The quantitative estimate of drug-likeness (QED) is 0.378. The number of anilines is 1. The van der Waals surface area contributed by atoms with Crippen molar-refractivity contribution < 1.29 is 9.21 Å². The van der Waals surface area contributed by atoms with Crippen molar-refractivity contribution in [2.75, 3.05) is 5.32 Å². The molecule has 2 aromatic heterocycles. The van der Waals surface area contributed by atoms with E-state index in [9.17, 15) is 4.79 Å². The molecular weight excluding hydrogens is 414 g/mol. The summed E-state index contributed by atoms with van der Waals surface area (Å²) in [6.45, 7) is 6.28. The summed E-state index contributed by atoms with van der Waals surface area (Å²) < 4.78 is 5.96. The number of aromatic nitrogens is 1. The van der Waals surface area contributed by atoms with E-state index in [2.05, 4.69) is 41.6 Å². The number of aryl methyl sites for hydroxylation is 1. The van der Waals surface area contributed by atoms with Crippen molar-refractivity contribution in [1.82, 2.24) is 10.3 Å². The van der Waals surface area contributed by atoms with Crippen LogP contribution in [0.4, 0.5) is 5.69 Å². The molecule has 5 nitrogen and oxygen atoms in total. The van der Waals surface area contributed by atoms with E-state index in [1.54, 1.807) is 6.07 Å². The molecule has 0 bridgehead atoms. The Labute approximate surface area is 184 Å². The molecule has 4 rings (SSSR count). The van der Waals surface area contributed by atoms with Gasteiger partial charge in [-0.3, -0.25) is 10.1 Å². The first-order valence-electron chi connectivity index (χ1n) is 9.58. The molecule has 7 heteroatoms. The van der Waals surface area contributed by atoms with Gasteiger partial charge in [0.15, 0.2) is 10.7 Å². The Morgan fingerprint density at radius 1 is 1.17 bits per heavy atom. The fourth-order valence-electron chi connectivity index (χ4n) is 3.04. The smallest absolute Gasteiger partial charge is 0.267 e. The van der Waals surface area contributed by atoms with Crippen LogP contribution in [0.25, 0.3) is 22.6 Å². The second kappa shape index (κ2) is 8.38. The summed E-state index contributed by atoms with van der Waals surface area (Å²) in [6, 6.07) is 15.5. The number of amides is 1. The number of hydrogen-bond acceptors (Lipinski definition) is 5. The van der Waals surface area contributed by atoms with Gasteiger partial charge in [0.05, 0.1) is 4.88 Å². The molecule has 2 heterocycles. The fraction of sp³-hybridized carbons (Fsp3) is 0.174. The van der Waals surface area contributed by atoms with E-state index in [-0.39, 0.29) is 11.0 Å². The molecule has 0 atom stereocenters. The van der Waals surface area contributed by atoms with E-state index in [1.807, 2.05) is 42.6 Å². The van der Waals surface area contributed by atoms with Crippen LogP contribution in [0.5, 0.6) is 0 Å². The Morgan fingerprint density at radius 2 is 2.00 bits per heavy atom. The number of fused-ring (bicyclic) bond motifs is 1. The zero-order valence-corrected chi connectivity index (χ0v) is 18.5. The molecular formula is C23H21N3O2S2. The Hall–Kier alpha value is -3.03. The number of nitrogens with zero attached hydrogens (tertiary/aromatic N) is 1. The van der Waals surface area contributed by atoms with Gasteiger partial charge in [-0.25, -0.2) is 4.98 Å². The zero-order valence-electron chi connectivity index (χ0n) is 16.9. The summed E-state index contributed by atoms with van der Waals surface area (Å²) >= 11 is 6.69. The Morgan fingerprint density at radius 3 is 2.73 bits per heavy atom. The van der Waals surface area contributed by atoms with Crippen molar-refractivity contribution in [2.45, 2.75) is 26.7 Å². The highest BCUT2D eigenvalue weighted by Gasteiger charge is 2.13. The number of oxazole rings is 1. The van der Waals surface area contributed by atoms with Crippen molar-refractivity contribution in [3.8, 4) is 11.5 Å². The number of hydrogen-bond donors (Lipinski definition) is 2. The minimum absolute atomic E-state index is 0.226. The predicted molar refractivity (Wildman–Crippen MR) is 126 cm³/mol. The van der Waals surface area contributed by atoms with Gasteiger partial charge in [-0.2, -0.15) is 0 Å². The Bertz CT molecular complexity index is 1230. The van der Waals surface area contributed by atoms with Gasteiger partial charge < -0.3 is 9.73 Å². The van der Waals surface area contributed by atoms with Crippen molar-refractivity contribution in [2.24, 2.45) is 0 Å². The topological polar surface area (TPSA) is 67.2 Å². The molecule has 0 fully saturated rings. The summed E-state index contributed by atoms with van der Waals surface area (Å²) in [6.07, 6.45) is 0. The lowest BCUT2D eigenvalue weighted by atomic mass is 10.0. The van der Waals surface area contributed by atoms with E-state index in [0.29, 0.717) is 16.7 Å². The van der Waals surface area contributed by atoms with E-state index in [4.69, 9.17) is 16.6 Å². The van der Waals surface area contributed by atoms with Crippen LogP contribution in [0.2, 0.25) is 0 Å². The molecule has 0 saturated heterocycles. The van der Waals surface area contributed by atoms with Gasteiger partial charge >= 0.3 is 0 Å². The third-order valence-corrected chi connectivity index (χ3v) is 5.86. The number of thiocarbonyl (C=S) groups is 1. The summed E-state index contributed by atoms with van der Waals surface area (Å²) in [7, 11) is 0. The van der Waals surface area contributed by atoms with Gasteiger partial charge in [0.2, 0.25) is 5.89 Å². The number of carbonyl (C=O) groups is 1. The highest BCUT2D eigenvalue weighted by atomic mass is 32.1. The highest BCUT2D eigenvalue weighted by molar-refractivity contribution is 7.80. The molecule has 30 heavy (non-hydrogen) atoms. The maximum atomic E-state index is 12.2. The van der Waals surface area contributed by atoms with Gasteiger partial charge in [-0.05, 0) is 71.9 Å². The summed E-state index contributed by atoms with van der Waals surface area (Å²) in [5, 5.41) is 7.91. The van der Waals surface area contributed by atoms with Crippen molar-refractivity contribution in [1.29, 1.82) is 0 Å². The van der Waals surface area contributed by atoms with Crippen molar-refractivity contribution >= 4 is 51.4 Å². The number of carbonyl (C=O) groups excluding carboxylic acids is 1. The van der Waals surface area contributed by atoms with Crippen LogP contribution in [-0.2, 0) is 0 Å². The predicted octanol–water partition coefficient (Wildman–Crippen LogP) is 6.11. The minimum atomic E-state index is -0.226. The van der Waals surface area contributed by atoms with Crippen LogP contribution < -0.4 is 10.6 Å². The average Bonchev–Trinajstić information content (AvgIpc) is 3.38. The molecule has 0 radical (unpaired) electrons. The van der Waals surface area contributed by atoms with Crippen LogP contribution >= 0.6 is 23.6 Å². The zero-order chi connectivity index (χ0) is 21.3. The molecule has 0 aliphatic carbocycles. The van der Waals surface area contributed by atoms with Crippen LogP contribution in [0, 0.1) is 6.92 Å². The number of rotatable bonds is 4. The lowest BCUT2D eigenvalue weighted by Gasteiger charge is -2.12. The first-order chi connectivity index (χ1) is 14.4. The standard InChI is InChI=1S/C23H21N3O2S2/c1-13(2)15-8-9-19-18(11-15)24-22(28-19)16-7-6-14(3)17(12-16)25-23(29)26-21(27)20-5-4-10-30-20/h4-13H,1-3H3,(H2,25,26,27,29). The molecule has 0 aliphatic heterocycles. The lowest BCUT2D eigenvalue weighted by Crippen LogP contribution is -2.33. The largest absolute Gasteiger partial charge is 0.436 e. The highest BCUT2D eigenvalue weighted by Crippen LogP contribution is 2.29. The van der Waals surface area contributed by atoms with E-state index in [0.717, 1.165) is 27.9 Å². The lowest BCUT2D eigenvalue weighted by molar-refractivity contribution is 0.0981. The van der Waals surface area contributed by atoms with Crippen molar-refractivity contribution in [3.63, 3.8) is 0 Å². The summed E-state index contributed by atoms with van der Waals surface area (Å²) in [5.41, 5.74) is 5.42. The summed E-state index contributed by atoms with van der Waals surface area (Å²) in [4.78, 5) is 17.5. The van der Waals surface area contributed by atoms with Gasteiger partial charge in [0.25, 0.3) is 5.91 Å². The maximum Gasteiger partial charge on any atom is 0.267 e. The normalized spacial score (nSPS) is 11.1. The van der Waals surface area contributed by atoms with Crippen LogP contribution in [-0.4, -0.2) is 16.0 Å². The number of nitrogens with one attached hydrogen (secondary N) is 2. The van der Waals surface area contributed by atoms with Gasteiger partial charge in [-0.1, -0.05) is 32.0 Å². The van der Waals surface area contributed by atoms with E-state index in [1.165, 1.54) is 16.9 Å². The number of thiophene rings is 1. The van der Waals surface area contributed by atoms with E-state index < -0.39 is 0 Å². The minimum Gasteiger partial charge on any atom is -0.436 e. The van der Waals surface area contributed by atoms with Crippen LogP contribution in [0.15, 0.2) is 58.3 Å². The average molecular weight is 436 g/mol. The number of benzene rings is 2. The molecule has 152 valence electrons. The molecule has 0 aliphatic rings. The van der Waals surface area contributed by atoms with E-state index >= 15 is 0 Å². The third-order valence-electron chi connectivity index (χ3n) is 4.78. The Kier molecular flexibility index (Phi) is 5.65. The second-order valence-electron chi connectivity index (χ2n) is 7.32. The molecule has 4 aromatic rings. The molecule has 0 unspecified atom stereocenters. The first-order valence-corrected chi connectivity index (χ1v) is 10.9. The van der Waals surface area contributed by atoms with Gasteiger partial charge in [0.1, 0.15) is 5.52 Å². The van der Waals surface area contributed by atoms with Crippen LogP contribution in [0.1, 0.15) is 40.6 Å². The second-order valence-corrected chi connectivity index (χ2v) is 8.67. The van der Waals surface area contributed by atoms with Crippen molar-refractivity contribution in [3.05, 3.63) is 69.9 Å². The summed E-state index contributed by atoms with van der Waals surface area (Å²) in [5.74, 6) is 0.744. The molecule has 2 aromatic carbocycles. The first kappa shape index (κ1) is 20.3. The SMILES string of the molecule is Cc1ccc(-c2nc3cc(C(C)C)ccc3o2)cc1NC(=S)NC(=O)c1cccs1. The molecule has 0 spiro atoms. The molecule has 0 saturated carbocycles. The maximum absolute atomic E-state index is 12.2. The van der Waals surface area contributed by atoms with Gasteiger partial charge in [0, 0.05) is 11.3 Å². The van der Waals surface area contributed by atoms with Gasteiger partial charge in [-0.15, -0.1) is 11.3 Å². The fourth-order valence-corrected chi connectivity index (χ4v) is 3.86. The molecule has 2 N–H and O–H groups in total. The Balaban J connectivity index is 1.56. The molecule has 1 amide bonds. The van der Waals surface area contributed by atoms with Crippen LogP contribution in [0.3, 0.4) is 0 Å². The monoisotopic (exact) mass is 435 g/mol.